The van der Waals surface area contributed by atoms with Gasteiger partial charge >= 0.3 is 6.18 Å². The number of aromatic nitrogens is 1. The van der Waals surface area contributed by atoms with Crippen molar-refractivity contribution in [2.45, 2.75) is 12.6 Å². The largest absolute Gasteiger partial charge is 0.417 e. The molecular formula is C28H21ClF5N3O3S. The van der Waals surface area contributed by atoms with Crippen LogP contribution >= 0.6 is 22.9 Å². The smallest absolute Gasteiger partial charge is 0.361 e. The lowest BCUT2D eigenvalue weighted by molar-refractivity contribution is -0.137. The average Bonchev–Trinajstić information content (AvgIpc) is 3.41. The van der Waals surface area contributed by atoms with Gasteiger partial charge in [-0.1, -0.05) is 53.8 Å². The summed E-state index contributed by atoms with van der Waals surface area (Å²) in [5, 5.41) is 5.15. The monoisotopic (exact) mass is 609 g/mol. The highest BCUT2D eigenvalue weighted by atomic mass is 35.5. The molecule has 41 heavy (non-hydrogen) atoms. The molecule has 0 atom stereocenters. The highest BCUT2D eigenvalue weighted by Crippen LogP contribution is 2.33. The van der Waals surface area contributed by atoms with Gasteiger partial charge in [0, 0.05) is 18.7 Å². The summed E-state index contributed by atoms with van der Waals surface area (Å²) < 4.78 is 65.5. The number of thiazole rings is 1. The van der Waals surface area contributed by atoms with Gasteiger partial charge in [0.25, 0.3) is 11.1 Å². The van der Waals surface area contributed by atoms with Crippen LogP contribution in [0.5, 0.6) is 0 Å². The van der Waals surface area contributed by atoms with Gasteiger partial charge in [-0.2, -0.15) is 13.2 Å². The summed E-state index contributed by atoms with van der Waals surface area (Å²) in [6, 6.07) is 15.8. The van der Waals surface area contributed by atoms with E-state index in [1.165, 1.54) is 54.7 Å². The molecule has 0 unspecified atom stereocenters. The van der Waals surface area contributed by atoms with E-state index >= 15 is 0 Å². The fourth-order valence-corrected chi connectivity index (χ4v) is 4.32. The van der Waals surface area contributed by atoms with E-state index in [4.69, 9.17) is 11.6 Å². The molecule has 6 nitrogen and oxygen atoms in total. The summed E-state index contributed by atoms with van der Waals surface area (Å²) in [5.74, 6) is -2.47. The van der Waals surface area contributed by atoms with Crippen LogP contribution in [0, 0.1) is 11.6 Å². The number of halogens is 6. The van der Waals surface area contributed by atoms with Crippen molar-refractivity contribution < 1.29 is 36.3 Å². The van der Waals surface area contributed by atoms with Gasteiger partial charge < -0.3 is 10.6 Å². The molecule has 2 N–H and O–H groups in total. The van der Waals surface area contributed by atoms with E-state index in [2.05, 4.69) is 15.6 Å². The highest BCUT2D eigenvalue weighted by molar-refractivity contribution is 7.17. The summed E-state index contributed by atoms with van der Waals surface area (Å²) in [6.45, 7) is 0.661. The molecule has 1 heterocycles. The number of carbonyl (C=O) groups is 3. The molecule has 0 spiro atoms. The maximum Gasteiger partial charge on any atom is 0.417 e. The number of anilines is 1. The molecule has 0 aliphatic heterocycles. The maximum absolute atomic E-state index is 13.5. The fraction of sp³-hybridized carbons (Fsp3) is 0.143. The van der Waals surface area contributed by atoms with Crippen LogP contribution in [0.2, 0.25) is 0 Å². The predicted molar refractivity (Wildman–Crippen MR) is 145 cm³/mol. The zero-order valence-electron chi connectivity index (χ0n) is 21.0. The molecule has 0 radical (unpaired) electrons. The van der Waals surface area contributed by atoms with Gasteiger partial charge in [-0.05, 0) is 48.4 Å². The van der Waals surface area contributed by atoms with Crippen LogP contribution < -0.4 is 10.6 Å². The Kier molecular flexibility index (Phi) is 11.1. The Morgan fingerprint density at radius 3 is 1.93 bits per heavy atom. The summed E-state index contributed by atoms with van der Waals surface area (Å²) in [7, 11) is 0. The summed E-state index contributed by atoms with van der Waals surface area (Å²) >= 11 is 5.97. The van der Waals surface area contributed by atoms with Gasteiger partial charge in [0.2, 0.25) is 5.78 Å². The topological polar surface area (TPSA) is 88.2 Å². The number of nitrogens with one attached hydrogen (secondary N) is 2. The Morgan fingerprint density at radius 2 is 1.37 bits per heavy atom. The number of benzene rings is 3. The molecule has 13 heteroatoms. The fourth-order valence-electron chi connectivity index (χ4n) is 3.37. The second-order valence-corrected chi connectivity index (χ2v) is 9.55. The quantitative estimate of drug-likeness (QED) is 0.0926. The first-order valence-corrected chi connectivity index (χ1v) is 13.1. The summed E-state index contributed by atoms with van der Waals surface area (Å²) in [6.07, 6.45) is -2.92. The van der Waals surface area contributed by atoms with Crippen molar-refractivity contribution in [3.05, 3.63) is 118 Å². The first kappa shape index (κ1) is 31.4. The number of carbonyl (C=O) groups excluding carboxylic acids is 3. The standard InChI is InChI=1S/C21H17F4N3O2S.C7H4ClFO/c22-16-9-4-2-7-14(16)19(30)26-10-5-11-27-20-28-12-17(31-20)18(29)13-6-1-3-8-15(13)21(23,24)25;8-7(10)5-3-1-2-4-6(5)9/h1-4,6-9,12H,5,10-11H2,(H,26,30)(H,27,28);1-4H. The molecule has 0 fully saturated rings. The van der Waals surface area contributed by atoms with Gasteiger partial charge in [0.05, 0.1) is 27.8 Å². The Hall–Kier alpha value is -4.16. The normalized spacial score (nSPS) is 10.8. The number of amides is 1. The second-order valence-electron chi connectivity index (χ2n) is 8.17. The van der Waals surface area contributed by atoms with Crippen LogP contribution in [0.25, 0.3) is 0 Å². The van der Waals surface area contributed by atoms with Crippen LogP contribution in [0.15, 0.2) is 79.0 Å². The van der Waals surface area contributed by atoms with Crippen molar-refractivity contribution in [1.29, 1.82) is 0 Å². The van der Waals surface area contributed by atoms with E-state index < -0.39 is 45.9 Å². The minimum Gasteiger partial charge on any atom is -0.361 e. The van der Waals surface area contributed by atoms with Crippen LogP contribution in [-0.2, 0) is 6.18 Å². The Labute approximate surface area is 240 Å². The SMILES string of the molecule is O=C(Cl)c1ccccc1F.O=C(NCCCNc1ncc(C(=O)c2ccccc2C(F)(F)F)s1)c1ccccc1F. The third-order valence-corrected chi connectivity index (χ3v) is 6.48. The number of nitrogens with zero attached hydrogens (tertiary/aromatic N) is 1. The minimum absolute atomic E-state index is 0.0438. The molecule has 1 aromatic heterocycles. The van der Waals surface area contributed by atoms with E-state index in [9.17, 15) is 36.3 Å². The predicted octanol–water partition coefficient (Wildman–Crippen LogP) is 6.97. The van der Waals surface area contributed by atoms with Gasteiger partial charge in [0.15, 0.2) is 5.13 Å². The van der Waals surface area contributed by atoms with Crippen molar-refractivity contribution in [2.24, 2.45) is 0 Å². The molecule has 0 saturated carbocycles. The van der Waals surface area contributed by atoms with Crippen molar-refractivity contribution >= 4 is 45.0 Å². The highest BCUT2D eigenvalue weighted by Gasteiger charge is 2.35. The zero-order chi connectivity index (χ0) is 30.0. The van der Waals surface area contributed by atoms with Crippen LogP contribution in [0.1, 0.15) is 47.9 Å². The third kappa shape index (κ3) is 8.92. The molecule has 214 valence electrons. The third-order valence-electron chi connectivity index (χ3n) is 5.33. The number of rotatable bonds is 9. The lowest BCUT2D eigenvalue weighted by Crippen LogP contribution is -2.26. The number of alkyl halides is 3. The molecule has 0 aliphatic rings. The number of hydrogen-bond acceptors (Lipinski definition) is 6. The second kappa shape index (κ2) is 14.5. The number of hydrogen-bond donors (Lipinski definition) is 2. The van der Waals surface area contributed by atoms with Gasteiger partial charge in [0.1, 0.15) is 11.6 Å². The molecule has 4 rings (SSSR count). The lowest BCUT2D eigenvalue weighted by Gasteiger charge is -2.10. The maximum atomic E-state index is 13.5. The van der Waals surface area contributed by atoms with E-state index in [0.717, 1.165) is 23.5 Å². The molecule has 0 aliphatic carbocycles. The Bertz CT molecular complexity index is 1530. The molecule has 4 aromatic rings. The Morgan fingerprint density at radius 1 is 0.805 bits per heavy atom. The van der Waals surface area contributed by atoms with Crippen molar-refractivity contribution in [3.8, 4) is 0 Å². The molecule has 3 aromatic carbocycles. The lowest BCUT2D eigenvalue weighted by atomic mass is 10.0. The first-order valence-electron chi connectivity index (χ1n) is 11.9. The minimum atomic E-state index is -4.63. The van der Waals surface area contributed by atoms with E-state index in [0.29, 0.717) is 18.1 Å². The average molecular weight is 610 g/mol. The molecule has 0 saturated heterocycles. The van der Waals surface area contributed by atoms with E-state index in [-0.39, 0.29) is 22.5 Å². The van der Waals surface area contributed by atoms with Crippen LogP contribution in [0.4, 0.5) is 27.1 Å². The van der Waals surface area contributed by atoms with Crippen molar-refractivity contribution in [3.63, 3.8) is 0 Å². The summed E-state index contributed by atoms with van der Waals surface area (Å²) in [5.41, 5.74) is -1.54. The molecule has 1 amide bonds. The van der Waals surface area contributed by atoms with Gasteiger partial charge in [-0.15, -0.1) is 0 Å². The summed E-state index contributed by atoms with van der Waals surface area (Å²) in [4.78, 5) is 38.9. The van der Waals surface area contributed by atoms with Crippen LogP contribution in [0.3, 0.4) is 0 Å². The molecular weight excluding hydrogens is 589 g/mol. The zero-order valence-corrected chi connectivity index (χ0v) is 22.5. The first-order chi connectivity index (χ1) is 19.5. The van der Waals surface area contributed by atoms with Gasteiger partial charge in [-0.25, -0.2) is 13.8 Å². The van der Waals surface area contributed by atoms with Gasteiger partial charge in [-0.3, -0.25) is 14.4 Å². The van der Waals surface area contributed by atoms with Crippen molar-refractivity contribution in [1.82, 2.24) is 10.3 Å². The van der Waals surface area contributed by atoms with Crippen LogP contribution in [-0.4, -0.2) is 35.0 Å². The van der Waals surface area contributed by atoms with Crippen molar-refractivity contribution in [2.75, 3.05) is 18.4 Å². The number of ketones is 1. The Balaban J connectivity index is 0.000000389. The molecule has 0 bridgehead atoms. The van der Waals surface area contributed by atoms with E-state index in [1.807, 2.05) is 0 Å². The van der Waals surface area contributed by atoms with E-state index in [1.54, 1.807) is 12.1 Å².